The highest BCUT2D eigenvalue weighted by molar-refractivity contribution is 7.89. The van der Waals surface area contributed by atoms with Crippen molar-refractivity contribution < 1.29 is 13.2 Å². The zero-order chi connectivity index (χ0) is 22.9. The molecule has 0 aliphatic carbocycles. The first kappa shape index (κ1) is 22.1. The van der Waals surface area contributed by atoms with E-state index in [-0.39, 0.29) is 16.6 Å². The van der Waals surface area contributed by atoms with Gasteiger partial charge < -0.3 is 9.64 Å². The summed E-state index contributed by atoms with van der Waals surface area (Å²) in [6.45, 7) is 1.47. The van der Waals surface area contributed by atoms with Gasteiger partial charge in [0.25, 0.3) is 5.56 Å². The van der Waals surface area contributed by atoms with E-state index < -0.39 is 10.0 Å². The molecule has 1 fully saturated rings. The summed E-state index contributed by atoms with van der Waals surface area (Å²) >= 11 is 0. The van der Waals surface area contributed by atoms with Crippen molar-refractivity contribution in [1.82, 2.24) is 23.8 Å². The summed E-state index contributed by atoms with van der Waals surface area (Å²) in [6, 6.07) is 9.83. The van der Waals surface area contributed by atoms with Crippen molar-refractivity contribution in [2.24, 2.45) is 7.05 Å². The summed E-state index contributed by atoms with van der Waals surface area (Å²) < 4.78 is 33.2. The Morgan fingerprint density at radius 2 is 1.88 bits per heavy atom. The summed E-state index contributed by atoms with van der Waals surface area (Å²) in [5.41, 5.74) is 1.71. The van der Waals surface area contributed by atoms with Crippen LogP contribution < -0.4 is 10.5 Å². The Kier molecular flexibility index (Phi) is 6.04. The highest BCUT2D eigenvalue weighted by Gasteiger charge is 2.26. The Bertz CT molecular complexity index is 1260. The molecule has 1 aliphatic rings. The summed E-state index contributed by atoms with van der Waals surface area (Å²) in [5, 5.41) is 0. The lowest BCUT2D eigenvalue weighted by molar-refractivity contribution is 0.0389. The lowest BCUT2D eigenvalue weighted by Crippen LogP contribution is -2.41. The molecule has 10 nitrogen and oxygen atoms in total. The zero-order valence-electron chi connectivity index (χ0n) is 18.0. The van der Waals surface area contributed by atoms with Gasteiger partial charge in [0.15, 0.2) is 0 Å². The molecule has 168 valence electrons. The third-order valence-corrected chi connectivity index (χ3v) is 7.16. The van der Waals surface area contributed by atoms with E-state index >= 15 is 0 Å². The standard InChI is InChI=1S/C21H24N6O4S/c1-25(2)32(29,30)16-6-4-15(5-7-16)19-13-27(10-11-31-19)21-24-18(12-20(28)26(21)3)17-8-9-22-14-23-17/h4-9,12,14,19H,10-11,13H2,1-3H3/t19-/m1/s1. The topological polar surface area (TPSA) is 111 Å². The number of hydrogen-bond donors (Lipinski definition) is 0. The number of morpholine rings is 1. The van der Waals surface area contributed by atoms with Gasteiger partial charge in [-0.3, -0.25) is 9.36 Å². The van der Waals surface area contributed by atoms with E-state index in [1.807, 2.05) is 4.90 Å². The van der Waals surface area contributed by atoms with Crippen LogP contribution in [0.5, 0.6) is 0 Å². The molecule has 1 aliphatic heterocycles. The van der Waals surface area contributed by atoms with Gasteiger partial charge >= 0.3 is 0 Å². The van der Waals surface area contributed by atoms with Crippen LogP contribution in [0.4, 0.5) is 5.95 Å². The van der Waals surface area contributed by atoms with Crippen LogP contribution in [0, 0.1) is 0 Å². The van der Waals surface area contributed by atoms with Crippen molar-refractivity contribution >= 4 is 16.0 Å². The minimum absolute atomic E-state index is 0.190. The number of sulfonamides is 1. The van der Waals surface area contributed by atoms with Crippen LogP contribution in [0.1, 0.15) is 11.7 Å². The van der Waals surface area contributed by atoms with Gasteiger partial charge in [-0.15, -0.1) is 0 Å². The second kappa shape index (κ2) is 8.77. The highest BCUT2D eigenvalue weighted by Crippen LogP contribution is 2.27. The maximum Gasteiger partial charge on any atom is 0.255 e. The van der Waals surface area contributed by atoms with E-state index in [0.29, 0.717) is 37.0 Å². The number of anilines is 1. The van der Waals surface area contributed by atoms with Gasteiger partial charge in [-0.1, -0.05) is 12.1 Å². The maximum atomic E-state index is 12.6. The molecular weight excluding hydrogens is 432 g/mol. The fourth-order valence-corrected chi connectivity index (χ4v) is 4.38. The predicted molar refractivity (Wildman–Crippen MR) is 119 cm³/mol. The van der Waals surface area contributed by atoms with Crippen LogP contribution in [0.2, 0.25) is 0 Å². The molecule has 32 heavy (non-hydrogen) atoms. The van der Waals surface area contributed by atoms with Crippen LogP contribution >= 0.6 is 0 Å². The normalized spacial score (nSPS) is 17.0. The monoisotopic (exact) mass is 456 g/mol. The van der Waals surface area contributed by atoms with Crippen molar-refractivity contribution in [2.45, 2.75) is 11.0 Å². The quantitative estimate of drug-likeness (QED) is 0.561. The highest BCUT2D eigenvalue weighted by atomic mass is 32.2. The largest absolute Gasteiger partial charge is 0.370 e. The Morgan fingerprint density at radius 1 is 1.12 bits per heavy atom. The van der Waals surface area contributed by atoms with Crippen molar-refractivity contribution in [3.05, 3.63) is 64.8 Å². The minimum atomic E-state index is -3.50. The van der Waals surface area contributed by atoms with Crippen LogP contribution in [-0.2, 0) is 21.8 Å². The predicted octanol–water partition coefficient (Wildman–Crippen LogP) is 1.07. The van der Waals surface area contributed by atoms with Crippen molar-refractivity contribution in [3.63, 3.8) is 0 Å². The molecule has 2 aromatic heterocycles. The van der Waals surface area contributed by atoms with Gasteiger partial charge in [-0.25, -0.2) is 27.7 Å². The van der Waals surface area contributed by atoms with E-state index in [1.165, 1.54) is 35.4 Å². The molecule has 0 saturated carbocycles. The molecule has 0 unspecified atom stereocenters. The lowest BCUT2D eigenvalue weighted by atomic mass is 10.1. The fraction of sp³-hybridized carbons (Fsp3) is 0.333. The Morgan fingerprint density at radius 3 is 2.53 bits per heavy atom. The molecule has 0 N–H and O–H groups in total. The molecule has 0 amide bonds. The van der Waals surface area contributed by atoms with E-state index in [4.69, 9.17) is 4.74 Å². The summed E-state index contributed by atoms with van der Waals surface area (Å²) in [4.78, 5) is 27.6. The Labute approximate surface area is 186 Å². The van der Waals surface area contributed by atoms with Crippen LogP contribution in [0.25, 0.3) is 11.4 Å². The molecule has 3 aromatic rings. The van der Waals surface area contributed by atoms with Crippen LogP contribution in [0.3, 0.4) is 0 Å². The third-order valence-electron chi connectivity index (χ3n) is 5.34. The Balaban J connectivity index is 1.61. The average Bonchev–Trinajstić information content (AvgIpc) is 2.81. The minimum Gasteiger partial charge on any atom is -0.370 e. The van der Waals surface area contributed by atoms with Gasteiger partial charge in [0.05, 0.1) is 29.4 Å². The molecule has 0 radical (unpaired) electrons. The fourth-order valence-electron chi connectivity index (χ4n) is 3.48. The average molecular weight is 457 g/mol. The second-order valence-electron chi connectivity index (χ2n) is 7.60. The van der Waals surface area contributed by atoms with Crippen molar-refractivity contribution in [3.8, 4) is 11.4 Å². The number of aromatic nitrogens is 4. The van der Waals surface area contributed by atoms with E-state index in [2.05, 4.69) is 15.0 Å². The lowest BCUT2D eigenvalue weighted by Gasteiger charge is -2.34. The number of ether oxygens (including phenoxy) is 1. The first-order valence-corrected chi connectivity index (χ1v) is 11.4. The van der Waals surface area contributed by atoms with Crippen LogP contribution in [0.15, 0.2) is 58.6 Å². The molecule has 1 atom stereocenters. The summed E-state index contributed by atoms with van der Waals surface area (Å²) in [7, 11) is 1.18. The Hall–Kier alpha value is -3.15. The summed E-state index contributed by atoms with van der Waals surface area (Å²) in [6.07, 6.45) is 2.73. The number of benzene rings is 1. The van der Waals surface area contributed by atoms with Gasteiger partial charge in [0.1, 0.15) is 12.4 Å². The molecule has 4 rings (SSSR count). The summed E-state index contributed by atoms with van der Waals surface area (Å²) in [5.74, 6) is 0.520. The molecule has 1 aromatic carbocycles. The molecular formula is C21H24N6O4S. The van der Waals surface area contributed by atoms with E-state index in [1.54, 1.807) is 43.6 Å². The van der Waals surface area contributed by atoms with Gasteiger partial charge in [-0.05, 0) is 23.8 Å². The van der Waals surface area contributed by atoms with Gasteiger partial charge in [-0.2, -0.15) is 0 Å². The molecule has 1 saturated heterocycles. The van der Waals surface area contributed by atoms with Gasteiger partial charge in [0.2, 0.25) is 16.0 Å². The third kappa shape index (κ3) is 4.27. The van der Waals surface area contributed by atoms with E-state index in [0.717, 1.165) is 5.56 Å². The second-order valence-corrected chi connectivity index (χ2v) is 9.75. The smallest absolute Gasteiger partial charge is 0.255 e. The first-order chi connectivity index (χ1) is 15.3. The molecule has 11 heteroatoms. The molecule has 0 bridgehead atoms. The van der Waals surface area contributed by atoms with Crippen molar-refractivity contribution in [2.75, 3.05) is 38.7 Å². The van der Waals surface area contributed by atoms with Gasteiger partial charge in [0, 0.05) is 40.0 Å². The molecule has 3 heterocycles. The number of nitrogens with zero attached hydrogens (tertiary/aromatic N) is 6. The van der Waals surface area contributed by atoms with Crippen LogP contribution in [-0.4, -0.2) is 66.0 Å². The van der Waals surface area contributed by atoms with Crippen molar-refractivity contribution in [1.29, 1.82) is 0 Å². The number of rotatable bonds is 5. The zero-order valence-corrected chi connectivity index (χ0v) is 18.9. The number of hydrogen-bond acceptors (Lipinski definition) is 8. The SMILES string of the molecule is CN(C)S(=O)(=O)c1ccc([C@H]2CN(c3nc(-c4ccncn4)cc(=O)n3C)CCO2)cc1. The molecule has 0 spiro atoms. The first-order valence-electron chi connectivity index (χ1n) is 10.0. The van der Waals surface area contributed by atoms with E-state index in [9.17, 15) is 13.2 Å². The maximum absolute atomic E-state index is 12.6.